The third-order valence-corrected chi connectivity index (χ3v) is 2.32. The number of halogens is 3. The second-order valence-electron chi connectivity index (χ2n) is 3.44. The van der Waals surface area contributed by atoms with Crippen LogP contribution in [0.1, 0.15) is 5.56 Å². The highest BCUT2D eigenvalue weighted by atomic mass is 19.3. The first kappa shape index (κ1) is 10.7. The van der Waals surface area contributed by atoms with Crippen molar-refractivity contribution >= 4 is 0 Å². The molecule has 0 fully saturated rings. The Kier molecular flexibility index (Phi) is 2.69. The van der Waals surface area contributed by atoms with Crippen molar-refractivity contribution in [3.63, 3.8) is 0 Å². The maximum Gasteiger partial charge on any atom is 0.416 e. The van der Waals surface area contributed by atoms with Gasteiger partial charge in [0.15, 0.2) is 0 Å². The third kappa shape index (κ3) is 2.24. The van der Waals surface area contributed by atoms with E-state index in [0.29, 0.717) is 0 Å². The second-order valence-corrected chi connectivity index (χ2v) is 3.44. The number of hydrogen-bond acceptors (Lipinski definition) is 0. The lowest BCUT2D eigenvalue weighted by Gasteiger charge is -2.07. The maximum absolute atomic E-state index is 12.3. The zero-order valence-electron chi connectivity index (χ0n) is 8.33. The van der Waals surface area contributed by atoms with E-state index in [1.165, 1.54) is 12.1 Å². The van der Waals surface area contributed by atoms with E-state index in [0.717, 1.165) is 23.3 Å². The summed E-state index contributed by atoms with van der Waals surface area (Å²) in [5.74, 6) is 0. The average Bonchev–Trinajstić information content (AvgIpc) is 2.29. The molecule has 0 amide bonds. The Balaban J connectivity index is 2.34. The fourth-order valence-electron chi connectivity index (χ4n) is 1.48. The number of hydrogen-bond donors (Lipinski definition) is 0. The first-order valence-electron chi connectivity index (χ1n) is 4.80. The third-order valence-electron chi connectivity index (χ3n) is 2.32. The summed E-state index contributed by atoms with van der Waals surface area (Å²) in [5.41, 5.74) is 1.08. The van der Waals surface area contributed by atoms with Gasteiger partial charge in [0.25, 0.3) is 0 Å². The monoisotopic (exact) mass is 221 g/mol. The van der Waals surface area contributed by atoms with E-state index in [-0.39, 0.29) is 0 Å². The van der Waals surface area contributed by atoms with Crippen LogP contribution in [0.25, 0.3) is 11.1 Å². The SMILES string of the molecule is FC(F)([18F])c1ccc(-c2ccccc2)cc1. The highest BCUT2D eigenvalue weighted by molar-refractivity contribution is 5.63. The Morgan fingerprint density at radius 2 is 1.12 bits per heavy atom. The van der Waals surface area contributed by atoms with Gasteiger partial charge in [0.2, 0.25) is 0 Å². The van der Waals surface area contributed by atoms with Gasteiger partial charge in [0.05, 0.1) is 5.56 Å². The van der Waals surface area contributed by atoms with Crippen LogP contribution in [-0.4, -0.2) is 0 Å². The summed E-state index contributed by atoms with van der Waals surface area (Å²) in [6.07, 6.45) is -4.27. The van der Waals surface area contributed by atoms with Gasteiger partial charge in [-0.1, -0.05) is 42.5 Å². The summed E-state index contributed by atoms with van der Waals surface area (Å²) in [6, 6.07) is 14.5. The van der Waals surface area contributed by atoms with E-state index in [1.807, 2.05) is 30.3 Å². The van der Waals surface area contributed by atoms with Crippen LogP contribution in [0.3, 0.4) is 0 Å². The lowest BCUT2D eigenvalue weighted by atomic mass is 10.0. The lowest BCUT2D eigenvalue weighted by molar-refractivity contribution is -0.137. The highest BCUT2D eigenvalue weighted by Gasteiger charge is 2.29. The molecule has 0 spiro atoms. The van der Waals surface area contributed by atoms with Crippen LogP contribution in [0, 0.1) is 0 Å². The topological polar surface area (TPSA) is 0 Å². The van der Waals surface area contributed by atoms with E-state index in [1.54, 1.807) is 0 Å². The lowest BCUT2D eigenvalue weighted by Crippen LogP contribution is -2.03. The van der Waals surface area contributed by atoms with Crippen LogP contribution in [0.2, 0.25) is 0 Å². The number of rotatable bonds is 1. The van der Waals surface area contributed by atoms with Gasteiger partial charge in [-0.05, 0) is 23.3 Å². The van der Waals surface area contributed by atoms with E-state index in [2.05, 4.69) is 0 Å². The normalized spacial score (nSPS) is 11.4. The van der Waals surface area contributed by atoms with Gasteiger partial charge < -0.3 is 0 Å². The molecule has 82 valence electrons. The predicted octanol–water partition coefficient (Wildman–Crippen LogP) is 4.37. The summed E-state index contributed by atoms with van der Waals surface area (Å²) < 4.78 is 37.0. The Morgan fingerprint density at radius 1 is 0.625 bits per heavy atom. The zero-order valence-corrected chi connectivity index (χ0v) is 8.33. The molecule has 0 aromatic heterocycles. The number of benzene rings is 2. The molecule has 3 heteroatoms. The average molecular weight is 221 g/mol. The van der Waals surface area contributed by atoms with Crippen LogP contribution in [0.4, 0.5) is 13.2 Å². The summed E-state index contributed by atoms with van der Waals surface area (Å²) in [6.45, 7) is 0. The van der Waals surface area contributed by atoms with Crippen molar-refractivity contribution in [2.24, 2.45) is 0 Å². The molecule has 0 radical (unpaired) electrons. The van der Waals surface area contributed by atoms with Crippen molar-refractivity contribution in [3.8, 4) is 11.1 Å². The zero-order chi connectivity index (χ0) is 11.6. The molecule has 0 atom stereocenters. The van der Waals surface area contributed by atoms with Gasteiger partial charge in [-0.2, -0.15) is 13.2 Å². The molecule has 0 nitrogen and oxygen atoms in total. The molecule has 0 aliphatic carbocycles. The smallest absolute Gasteiger partial charge is 0.166 e. The van der Waals surface area contributed by atoms with Gasteiger partial charge in [0.1, 0.15) is 0 Å². The molecular formula is C13H9F3. The van der Waals surface area contributed by atoms with Crippen molar-refractivity contribution < 1.29 is 13.2 Å². The Hall–Kier alpha value is -1.77. The van der Waals surface area contributed by atoms with Gasteiger partial charge >= 0.3 is 6.18 Å². The first-order chi connectivity index (χ1) is 7.57. The minimum Gasteiger partial charge on any atom is -0.166 e. The second kappa shape index (κ2) is 4.00. The molecule has 0 heterocycles. The van der Waals surface area contributed by atoms with Crippen molar-refractivity contribution in [3.05, 3.63) is 60.2 Å². The molecule has 2 aromatic carbocycles. The molecule has 2 rings (SSSR count). The van der Waals surface area contributed by atoms with Crippen LogP contribution in [0.15, 0.2) is 54.6 Å². The Bertz CT molecular complexity index is 455. The summed E-state index contributed by atoms with van der Waals surface area (Å²) in [5, 5.41) is 0. The minimum absolute atomic E-state index is 0.618. The molecule has 0 saturated heterocycles. The molecule has 0 aliphatic heterocycles. The van der Waals surface area contributed by atoms with Crippen molar-refractivity contribution in [2.75, 3.05) is 0 Å². The standard InChI is InChI=1S/C13H9F3/c14-13(15,16)12-8-6-11(7-9-12)10-4-2-1-3-5-10/h1-9H/i14-1. The first-order valence-corrected chi connectivity index (χ1v) is 4.80. The van der Waals surface area contributed by atoms with Crippen molar-refractivity contribution in [2.45, 2.75) is 6.18 Å². The maximum atomic E-state index is 12.3. The molecule has 0 N–H and O–H groups in total. The molecule has 0 unspecified atom stereocenters. The van der Waals surface area contributed by atoms with Gasteiger partial charge in [-0.15, -0.1) is 0 Å². The quantitative estimate of drug-likeness (QED) is 0.670. The molecular weight excluding hydrogens is 212 g/mol. The fourth-order valence-corrected chi connectivity index (χ4v) is 1.48. The van der Waals surface area contributed by atoms with Gasteiger partial charge in [-0.25, -0.2) is 0 Å². The van der Waals surface area contributed by atoms with Crippen LogP contribution in [0.5, 0.6) is 0 Å². The Labute approximate surface area is 91.4 Å². The van der Waals surface area contributed by atoms with Crippen LogP contribution < -0.4 is 0 Å². The summed E-state index contributed by atoms with van der Waals surface area (Å²) >= 11 is 0. The van der Waals surface area contributed by atoms with Crippen LogP contribution in [-0.2, 0) is 6.18 Å². The van der Waals surface area contributed by atoms with E-state index in [9.17, 15) is 13.2 Å². The molecule has 2 aromatic rings. The van der Waals surface area contributed by atoms with E-state index in [4.69, 9.17) is 0 Å². The van der Waals surface area contributed by atoms with Crippen LogP contribution >= 0.6 is 0 Å². The Morgan fingerprint density at radius 3 is 1.62 bits per heavy atom. The van der Waals surface area contributed by atoms with Gasteiger partial charge in [-0.3, -0.25) is 0 Å². The molecule has 0 bridgehead atoms. The minimum atomic E-state index is -4.27. The van der Waals surface area contributed by atoms with Gasteiger partial charge in [0, 0.05) is 0 Å². The molecule has 16 heavy (non-hydrogen) atoms. The largest absolute Gasteiger partial charge is 0.416 e. The molecule has 0 aliphatic rings. The van der Waals surface area contributed by atoms with Crippen molar-refractivity contribution in [1.82, 2.24) is 0 Å². The summed E-state index contributed by atoms with van der Waals surface area (Å²) in [7, 11) is 0. The summed E-state index contributed by atoms with van der Waals surface area (Å²) in [4.78, 5) is 0. The number of alkyl halides is 3. The predicted molar refractivity (Wildman–Crippen MR) is 56.9 cm³/mol. The fraction of sp³-hybridized carbons (Fsp3) is 0.0769. The molecule has 0 saturated carbocycles. The van der Waals surface area contributed by atoms with Crippen molar-refractivity contribution in [1.29, 1.82) is 0 Å². The highest BCUT2D eigenvalue weighted by Crippen LogP contribution is 2.30. The van der Waals surface area contributed by atoms with E-state index >= 15 is 0 Å². The van der Waals surface area contributed by atoms with E-state index < -0.39 is 11.7 Å².